The van der Waals surface area contributed by atoms with Crippen LogP contribution in [0, 0.1) is 3.57 Å². The normalized spacial score (nSPS) is 10.5. The van der Waals surface area contributed by atoms with Gasteiger partial charge in [0, 0.05) is 10.8 Å². The van der Waals surface area contributed by atoms with Crippen LogP contribution in [0.3, 0.4) is 0 Å². The van der Waals surface area contributed by atoms with Gasteiger partial charge in [0.25, 0.3) is 0 Å². The first-order chi connectivity index (χ1) is 7.65. The molecule has 0 saturated heterocycles. The van der Waals surface area contributed by atoms with E-state index in [4.69, 9.17) is 5.11 Å². The number of hydrogen-bond donors (Lipinski definition) is 2. The second-order valence-corrected chi connectivity index (χ2v) is 4.78. The van der Waals surface area contributed by atoms with Gasteiger partial charge in [0.05, 0.1) is 9.13 Å². The number of carbonyl (C=O) groups is 1. The molecule has 2 rings (SSSR count). The van der Waals surface area contributed by atoms with E-state index in [1.165, 1.54) is 12.1 Å². The molecule has 0 aliphatic carbocycles. The number of hydrogen-bond acceptors (Lipinski definition) is 3. The molecule has 0 aromatic heterocycles. The summed E-state index contributed by atoms with van der Waals surface area (Å²) >= 11 is -1.54. The molecule has 0 fully saturated rings. The topological polar surface area (TPSA) is 74.6 Å². The molecule has 0 bridgehead atoms. The number of aromatic carboxylic acids is 1. The Hall–Kier alpha value is -1.50. The Balaban J connectivity index is 2.95. The van der Waals surface area contributed by atoms with Crippen molar-refractivity contribution in [2.75, 3.05) is 0 Å². The number of aromatic hydroxyl groups is 1. The largest absolute Gasteiger partial charge is 0.507 e. The second kappa shape index (κ2) is 4.17. The summed E-state index contributed by atoms with van der Waals surface area (Å²) in [6.45, 7) is 0. The van der Waals surface area contributed by atoms with Gasteiger partial charge in [0.1, 0.15) is 5.75 Å². The van der Waals surface area contributed by atoms with Gasteiger partial charge >= 0.3 is 5.97 Å². The van der Waals surface area contributed by atoms with Gasteiger partial charge in [-0.2, -0.15) is 0 Å². The summed E-state index contributed by atoms with van der Waals surface area (Å²) in [4.78, 5) is 11.1. The average molecular weight is 330 g/mol. The molecule has 0 atom stereocenters. The average Bonchev–Trinajstić information content (AvgIpc) is 2.27. The number of benzene rings is 2. The van der Waals surface area contributed by atoms with Crippen LogP contribution in [-0.4, -0.2) is 16.2 Å². The molecule has 4 nitrogen and oxygen atoms in total. The molecule has 0 saturated carbocycles. The highest BCUT2D eigenvalue weighted by molar-refractivity contribution is 14.1. The van der Waals surface area contributed by atoms with Crippen molar-refractivity contribution >= 4 is 37.9 Å². The molecule has 0 spiro atoms. The lowest BCUT2D eigenvalue weighted by molar-refractivity contribution is 0.0698. The van der Waals surface area contributed by atoms with E-state index in [-0.39, 0.29) is 11.3 Å². The number of halogens is 1. The summed E-state index contributed by atoms with van der Waals surface area (Å²) in [6.07, 6.45) is 0. The fourth-order valence-electron chi connectivity index (χ4n) is 1.60. The number of phenols is 1. The highest BCUT2D eigenvalue weighted by Crippen LogP contribution is 2.30. The molecule has 0 amide bonds. The van der Waals surface area contributed by atoms with E-state index in [2.05, 4.69) is 0 Å². The zero-order valence-electron chi connectivity index (χ0n) is 7.98. The first-order valence-electron chi connectivity index (χ1n) is 4.40. The van der Waals surface area contributed by atoms with Crippen LogP contribution in [0.2, 0.25) is 0 Å². The zero-order valence-corrected chi connectivity index (χ0v) is 10.1. The quantitative estimate of drug-likeness (QED) is 0.831. The van der Waals surface area contributed by atoms with E-state index in [9.17, 15) is 13.0 Å². The first-order valence-corrected chi connectivity index (χ1v) is 6.36. The van der Waals surface area contributed by atoms with Crippen LogP contribution in [0.4, 0.5) is 0 Å². The maximum absolute atomic E-state index is 11.1. The van der Waals surface area contributed by atoms with Gasteiger partial charge in [-0.1, -0.05) is 12.1 Å². The van der Waals surface area contributed by atoms with Crippen molar-refractivity contribution in [2.45, 2.75) is 0 Å². The van der Waals surface area contributed by atoms with Gasteiger partial charge in [-0.25, -0.2) is 4.79 Å². The molecule has 0 aliphatic heterocycles. The number of carboxylic acids is 1. The number of rotatable bonds is 2. The van der Waals surface area contributed by atoms with E-state index in [0.717, 1.165) is 0 Å². The van der Waals surface area contributed by atoms with Gasteiger partial charge in [-0.05, 0) is 18.2 Å². The van der Waals surface area contributed by atoms with Gasteiger partial charge in [0.15, 0.2) is 21.2 Å². The Morgan fingerprint density at radius 1 is 1.12 bits per heavy atom. The maximum Gasteiger partial charge on any atom is 0.337 e. The highest BCUT2D eigenvalue weighted by Gasteiger charge is 2.15. The van der Waals surface area contributed by atoms with Crippen molar-refractivity contribution in [1.82, 2.24) is 0 Å². The van der Waals surface area contributed by atoms with Crippen LogP contribution in [0.25, 0.3) is 10.8 Å². The molecule has 5 heteroatoms. The van der Waals surface area contributed by atoms with Crippen molar-refractivity contribution in [3.05, 3.63) is 39.5 Å². The van der Waals surface area contributed by atoms with E-state index in [0.29, 0.717) is 14.3 Å². The molecule has 0 radical (unpaired) electrons. The predicted octanol–water partition coefficient (Wildman–Crippen LogP) is 2.73. The Labute approximate surface area is 101 Å². The molecular weight excluding hydrogens is 323 g/mol. The lowest BCUT2D eigenvalue weighted by atomic mass is 10.0. The van der Waals surface area contributed by atoms with E-state index < -0.39 is 27.2 Å². The third-order valence-corrected chi connectivity index (χ3v) is 3.66. The molecule has 0 heterocycles. The van der Waals surface area contributed by atoms with Gasteiger partial charge < -0.3 is 10.2 Å². The first kappa shape index (κ1) is 11.0. The highest BCUT2D eigenvalue weighted by atomic mass is 127. The molecule has 2 aromatic carbocycles. The van der Waals surface area contributed by atoms with E-state index in [1.54, 1.807) is 18.2 Å². The third kappa shape index (κ3) is 1.67. The van der Waals surface area contributed by atoms with Crippen molar-refractivity contribution in [3.63, 3.8) is 0 Å². The Kier molecular flexibility index (Phi) is 2.86. The fourth-order valence-corrected chi connectivity index (χ4v) is 2.66. The second-order valence-electron chi connectivity index (χ2n) is 3.18. The molecule has 0 aliphatic rings. The molecule has 2 N–H and O–H groups in total. The van der Waals surface area contributed by atoms with E-state index >= 15 is 0 Å². The Morgan fingerprint density at radius 2 is 1.88 bits per heavy atom. The van der Waals surface area contributed by atoms with Crippen LogP contribution >= 0.6 is 21.2 Å². The Bertz CT molecular complexity index is 592. The van der Waals surface area contributed by atoms with Crippen LogP contribution in [-0.2, 0) is 3.07 Å². The minimum atomic E-state index is -1.54. The lowest BCUT2D eigenvalue weighted by Gasteiger charge is -2.05. The zero-order chi connectivity index (χ0) is 11.7. The molecular formula is C11H7IO4. The van der Waals surface area contributed by atoms with Crippen molar-refractivity contribution in [3.8, 4) is 5.75 Å². The van der Waals surface area contributed by atoms with Gasteiger partial charge in [-0.3, -0.25) is 3.07 Å². The smallest absolute Gasteiger partial charge is 0.337 e. The molecule has 16 heavy (non-hydrogen) atoms. The molecule has 2 aromatic rings. The summed E-state index contributed by atoms with van der Waals surface area (Å²) in [5.41, 5.74) is 0.0243. The molecule has 0 unspecified atom stereocenters. The van der Waals surface area contributed by atoms with Crippen LogP contribution in [0.5, 0.6) is 5.75 Å². The van der Waals surface area contributed by atoms with E-state index in [1.807, 2.05) is 0 Å². The van der Waals surface area contributed by atoms with Crippen molar-refractivity contribution in [1.29, 1.82) is 0 Å². The standard InChI is InChI=1S/C11H7IO4/c13-9-3-1-2-7-6(9)4-5-8(12-16)10(7)11(14)15/h1-5,13H,(H,14,15). The van der Waals surface area contributed by atoms with Crippen molar-refractivity contribution in [2.24, 2.45) is 0 Å². The summed E-state index contributed by atoms with van der Waals surface area (Å²) in [5.74, 6) is -1.10. The Morgan fingerprint density at radius 3 is 2.50 bits per heavy atom. The summed E-state index contributed by atoms with van der Waals surface area (Å²) in [5, 5.41) is 19.5. The number of fused-ring (bicyclic) bond motifs is 1. The maximum atomic E-state index is 11.1. The summed E-state index contributed by atoms with van der Waals surface area (Å²) < 4.78 is 11.3. The van der Waals surface area contributed by atoms with Gasteiger partial charge in [0.2, 0.25) is 0 Å². The lowest BCUT2D eigenvalue weighted by Crippen LogP contribution is -2.01. The molecule has 82 valence electrons. The fraction of sp³-hybridized carbons (Fsp3) is 0. The van der Waals surface area contributed by atoms with Crippen LogP contribution in [0.15, 0.2) is 30.3 Å². The minimum Gasteiger partial charge on any atom is -0.507 e. The predicted molar refractivity (Wildman–Crippen MR) is 66.0 cm³/mol. The summed E-state index contributed by atoms with van der Waals surface area (Å²) in [7, 11) is 0. The summed E-state index contributed by atoms with van der Waals surface area (Å²) in [6, 6.07) is 7.73. The SMILES string of the molecule is O=Ic1ccc2c(O)cccc2c1C(=O)O. The minimum absolute atomic E-state index is 0.0237. The number of phenolic OH excluding ortho intramolecular Hbond substituents is 1. The van der Waals surface area contributed by atoms with Crippen LogP contribution in [0.1, 0.15) is 10.4 Å². The van der Waals surface area contributed by atoms with Crippen molar-refractivity contribution < 1.29 is 18.1 Å². The number of carboxylic acid groups (broad SMARTS) is 1. The van der Waals surface area contributed by atoms with Crippen LogP contribution < -0.4 is 0 Å². The monoisotopic (exact) mass is 330 g/mol. The van der Waals surface area contributed by atoms with Gasteiger partial charge in [-0.15, -0.1) is 0 Å². The third-order valence-electron chi connectivity index (χ3n) is 2.28.